The Kier molecular flexibility index (Phi) is 6.86. The van der Waals surface area contributed by atoms with Crippen molar-refractivity contribution >= 4 is 34.6 Å². The lowest BCUT2D eigenvalue weighted by molar-refractivity contribution is -0.115. The number of pyridine rings is 1. The highest BCUT2D eigenvalue weighted by atomic mass is 32.1. The molecule has 1 aliphatic carbocycles. The van der Waals surface area contributed by atoms with E-state index in [4.69, 9.17) is 17.2 Å². The second-order valence-corrected chi connectivity index (χ2v) is 9.92. The number of benzene rings is 1. The fraction of sp³-hybridized carbons (Fsp3) is 0.393. The van der Waals surface area contributed by atoms with E-state index in [-0.39, 0.29) is 18.0 Å². The summed E-state index contributed by atoms with van der Waals surface area (Å²) >= 11 is 5.92. The third kappa shape index (κ3) is 4.69. The molecule has 6 nitrogen and oxygen atoms in total. The van der Waals surface area contributed by atoms with Crippen LogP contribution in [-0.4, -0.2) is 20.6 Å². The van der Waals surface area contributed by atoms with Gasteiger partial charge in [-0.25, -0.2) is 0 Å². The summed E-state index contributed by atoms with van der Waals surface area (Å²) in [4.78, 5) is 18.9. The average Bonchev–Trinajstić information content (AvgIpc) is 3.50. The van der Waals surface area contributed by atoms with E-state index in [9.17, 15) is 4.79 Å². The van der Waals surface area contributed by atoms with E-state index in [1.54, 1.807) is 0 Å². The third-order valence-corrected chi connectivity index (χ3v) is 7.58. The van der Waals surface area contributed by atoms with E-state index in [1.807, 2.05) is 44.3 Å². The maximum absolute atomic E-state index is 12.0. The molecule has 182 valence electrons. The zero-order valence-electron chi connectivity index (χ0n) is 20.4. The van der Waals surface area contributed by atoms with Crippen LogP contribution in [0.15, 0.2) is 60.9 Å². The molecular weight excluding hydrogens is 454 g/mol. The Morgan fingerprint density at radius 2 is 1.97 bits per heavy atom. The minimum atomic E-state index is -0.0688. The van der Waals surface area contributed by atoms with Crippen LogP contribution in [0.3, 0.4) is 0 Å². The SMILES string of the molecule is CCC(=O)Nc1ccc(N2C(=S)N[C@@H](c3ccccn3)[C@H]2c2cccn2C2CCCCC2)cc1C. The fourth-order valence-corrected chi connectivity index (χ4v) is 5.81. The molecule has 2 aliphatic rings. The van der Waals surface area contributed by atoms with Crippen molar-refractivity contribution in [3.63, 3.8) is 0 Å². The van der Waals surface area contributed by atoms with Gasteiger partial charge < -0.3 is 20.1 Å². The summed E-state index contributed by atoms with van der Waals surface area (Å²) in [6.07, 6.45) is 10.8. The first-order valence-electron chi connectivity index (χ1n) is 12.6. The summed E-state index contributed by atoms with van der Waals surface area (Å²) in [5.41, 5.74) is 5.08. The van der Waals surface area contributed by atoms with Gasteiger partial charge in [0, 0.05) is 41.9 Å². The summed E-state index contributed by atoms with van der Waals surface area (Å²) in [5, 5.41) is 7.26. The van der Waals surface area contributed by atoms with Crippen molar-refractivity contribution < 1.29 is 4.79 Å². The van der Waals surface area contributed by atoms with Gasteiger partial charge in [0.1, 0.15) is 6.04 Å². The number of aromatic nitrogens is 2. The maximum Gasteiger partial charge on any atom is 0.224 e. The zero-order chi connectivity index (χ0) is 24.4. The van der Waals surface area contributed by atoms with E-state index >= 15 is 0 Å². The lowest BCUT2D eigenvalue weighted by atomic mass is 9.94. The van der Waals surface area contributed by atoms with E-state index in [0.717, 1.165) is 22.6 Å². The predicted octanol–water partition coefficient (Wildman–Crippen LogP) is 6.22. The third-order valence-electron chi connectivity index (χ3n) is 7.26. The number of anilines is 2. The molecule has 5 rings (SSSR count). The number of hydrogen-bond donors (Lipinski definition) is 2. The number of amides is 1. The van der Waals surface area contributed by atoms with Gasteiger partial charge in [-0.3, -0.25) is 9.78 Å². The predicted molar refractivity (Wildman–Crippen MR) is 145 cm³/mol. The molecule has 7 heteroatoms. The molecule has 2 N–H and O–H groups in total. The molecule has 2 fully saturated rings. The highest BCUT2D eigenvalue weighted by molar-refractivity contribution is 7.80. The Bertz CT molecular complexity index is 1200. The van der Waals surface area contributed by atoms with Gasteiger partial charge >= 0.3 is 0 Å². The Hall–Kier alpha value is -3.19. The number of nitrogens with zero attached hydrogens (tertiary/aromatic N) is 3. The van der Waals surface area contributed by atoms with E-state index in [1.165, 1.54) is 37.8 Å². The minimum absolute atomic E-state index is 0.0117. The molecule has 35 heavy (non-hydrogen) atoms. The topological polar surface area (TPSA) is 62.2 Å². The lowest BCUT2D eigenvalue weighted by Crippen LogP contribution is -2.31. The van der Waals surface area contributed by atoms with E-state index < -0.39 is 0 Å². The van der Waals surface area contributed by atoms with E-state index in [0.29, 0.717) is 17.6 Å². The molecule has 3 aromatic rings. The van der Waals surface area contributed by atoms with Crippen molar-refractivity contribution in [2.45, 2.75) is 70.5 Å². The summed E-state index contributed by atoms with van der Waals surface area (Å²) in [7, 11) is 0. The molecule has 1 saturated heterocycles. The van der Waals surface area contributed by atoms with Crippen LogP contribution in [0.2, 0.25) is 0 Å². The second kappa shape index (κ2) is 10.2. The van der Waals surface area contributed by atoms with Crippen molar-refractivity contribution in [1.82, 2.24) is 14.9 Å². The number of aryl methyl sites for hydroxylation is 1. The van der Waals surface area contributed by atoms with Gasteiger partial charge in [0.15, 0.2) is 5.11 Å². The Morgan fingerprint density at radius 1 is 1.14 bits per heavy atom. The number of thiocarbonyl (C=S) groups is 1. The quantitative estimate of drug-likeness (QED) is 0.404. The second-order valence-electron chi connectivity index (χ2n) is 9.53. The van der Waals surface area contributed by atoms with Crippen LogP contribution in [0.4, 0.5) is 11.4 Å². The van der Waals surface area contributed by atoms with Gasteiger partial charge in [0.05, 0.1) is 11.7 Å². The summed E-state index contributed by atoms with van der Waals surface area (Å²) in [6, 6.07) is 17.0. The smallest absolute Gasteiger partial charge is 0.224 e. The minimum Gasteiger partial charge on any atom is -0.351 e. The number of nitrogens with one attached hydrogen (secondary N) is 2. The van der Waals surface area contributed by atoms with Crippen molar-refractivity contribution in [3.8, 4) is 0 Å². The van der Waals surface area contributed by atoms with Crippen molar-refractivity contribution in [1.29, 1.82) is 0 Å². The molecule has 1 saturated carbocycles. The summed E-state index contributed by atoms with van der Waals surface area (Å²) in [5.74, 6) is 0.0117. The number of carbonyl (C=O) groups is 1. The van der Waals surface area contributed by atoms with Gasteiger partial charge in [-0.05, 0) is 80.0 Å². The van der Waals surface area contributed by atoms with Crippen LogP contribution in [0.5, 0.6) is 0 Å². The molecule has 1 amide bonds. The van der Waals surface area contributed by atoms with Crippen molar-refractivity contribution in [2.24, 2.45) is 0 Å². The van der Waals surface area contributed by atoms with Crippen LogP contribution in [0.1, 0.15) is 80.5 Å². The summed E-state index contributed by atoms with van der Waals surface area (Å²) < 4.78 is 2.48. The molecule has 0 unspecified atom stereocenters. The molecule has 0 bridgehead atoms. The average molecular weight is 488 g/mol. The summed E-state index contributed by atoms with van der Waals surface area (Å²) in [6.45, 7) is 3.88. The van der Waals surface area contributed by atoms with Crippen molar-refractivity contribution in [2.75, 3.05) is 10.2 Å². The highest BCUT2D eigenvalue weighted by Crippen LogP contribution is 2.44. The first kappa shape index (κ1) is 23.5. The van der Waals surface area contributed by atoms with Gasteiger partial charge in [-0.15, -0.1) is 0 Å². The lowest BCUT2D eigenvalue weighted by Gasteiger charge is -2.32. The molecule has 0 spiro atoms. The fourth-order valence-electron chi connectivity index (χ4n) is 5.46. The number of carbonyl (C=O) groups excluding carboxylic acids is 1. The molecule has 2 atom stereocenters. The van der Waals surface area contributed by atoms with Crippen LogP contribution in [0.25, 0.3) is 0 Å². The molecule has 2 aromatic heterocycles. The number of rotatable bonds is 6. The zero-order valence-corrected chi connectivity index (χ0v) is 21.2. The Morgan fingerprint density at radius 3 is 2.69 bits per heavy atom. The molecule has 3 heterocycles. The normalized spacial score (nSPS) is 20.6. The monoisotopic (exact) mass is 487 g/mol. The molecule has 1 aromatic carbocycles. The van der Waals surface area contributed by atoms with Gasteiger partial charge in [0.25, 0.3) is 0 Å². The van der Waals surface area contributed by atoms with Crippen LogP contribution in [0, 0.1) is 6.92 Å². The Labute approximate surface area is 212 Å². The van der Waals surface area contributed by atoms with Crippen molar-refractivity contribution in [3.05, 3.63) is 77.9 Å². The standard InChI is InChI=1S/C28H33N5OS/c1-3-25(34)30-22-15-14-21(18-19(22)2)33-27(26(31-28(33)35)23-12-7-8-16-29-23)24-13-9-17-32(24)20-10-5-4-6-11-20/h7-9,12-18,20,26-27H,3-6,10-11H2,1-2H3,(H,30,34)(H,31,35)/t26-,27+/m0/s1. The molecular formula is C28H33N5OS. The van der Waals surface area contributed by atoms with Crippen LogP contribution in [-0.2, 0) is 4.79 Å². The van der Waals surface area contributed by atoms with Crippen LogP contribution < -0.4 is 15.5 Å². The first-order chi connectivity index (χ1) is 17.1. The van der Waals surface area contributed by atoms with Crippen LogP contribution >= 0.6 is 12.2 Å². The molecule has 0 radical (unpaired) electrons. The maximum atomic E-state index is 12.0. The number of hydrogen-bond acceptors (Lipinski definition) is 3. The molecule has 1 aliphatic heterocycles. The van der Waals surface area contributed by atoms with Gasteiger partial charge in [-0.2, -0.15) is 0 Å². The first-order valence-corrected chi connectivity index (χ1v) is 13.1. The largest absolute Gasteiger partial charge is 0.351 e. The Balaban J connectivity index is 1.57. The highest BCUT2D eigenvalue weighted by Gasteiger charge is 2.42. The van der Waals surface area contributed by atoms with E-state index in [2.05, 4.69) is 50.6 Å². The van der Waals surface area contributed by atoms with Gasteiger partial charge in [0.2, 0.25) is 5.91 Å². The van der Waals surface area contributed by atoms with Gasteiger partial charge in [-0.1, -0.05) is 32.3 Å².